The number of hydrogen-bond acceptors (Lipinski definition) is 3. The summed E-state index contributed by atoms with van der Waals surface area (Å²) in [4.78, 5) is 2.45. The minimum absolute atomic E-state index is 0.0213. The molecule has 0 aliphatic carbocycles. The van der Waals surface area contributed by atoms with E-state index in [9.17, 15) is 5.11 Å². The zero-order valence-corrected chi connectivity index (χ0v) is 18.3. The van der Waals surface area contributed by atoms with Crippen molar-refractivity contribution in [2.75, 3.05) is 32.8 Å². The van der Waals surface area contributed by atoms with Gasteiger partial charge in [0.2, 0.25) is 0 Å². The molecule has 1 saturated heterocycles. The van der Waals surface area contributed by atoms with Gasteiger partial charge in [-0.1, -0.05) is 75.4 Å². The number of ether oxygens (including phenoxy) is 1. The van der Waals surface area contributed by atoms with Crippen molar-refractivity contribution < 1.29 is 9.84 Å². The van der Waals surface area contributed by atoms with Crippen LogP contribution in [0.25, 0.3) is 0 Å². The number of benzene rings is 2. The Labute approximate surface area is 176 Å². The Hall–Kier alpha value is -1.68. The summed E-state index contributed by atoms with van der Waals surface area (Å²) in [5.41, 5.74) is 2.67. The van der Waals surface area contributed by atoms with E-state index >= 15 is 0 Å². The highest BCUT2D eigenvalue weighted by molar-refractivity contribution is 5.34. The van der Waals surface area contributed by atoms with Crippen LogP contribution in [0.1, 0.15) is 56.2 Å². The fourth-order valence-corrected chi connectivity index (χ4v) is 4.32. The molecule has 1 aliphatic heterocycles. The SMILES string of the molecule is CCc1ccc([C@](O)(CCC(C)C)[C@@H](CN2CCOCC2)c2ccccc2)cc1. The molecular weight excluding hydrogens is 358 g/mol. The Morgan fingerprint density at radius 2 is 1.66 bits per heavy atom. The number of aryl methyl sites for hydroxylation is 1. The molecule has 3 nitrogen and oxygen atoms in total. The molecule has 2 aromatic carbocycles. The van der Waals surface area contributed by atoms with E-state index in [1.54, 1.807) is 0 Å². The molecule has 3 heteroatoms. The summed E-state index contributed by atoms with van der Waals surface area (Å²) in [6.45, 7) is 10.9. The van der Waals surface area contributed by atoms with Gasteiger partial charge in [-0.25, -0.2) is 0 Å². The Balaban J connectivity index is 1.99. The van der Waals surface area contributed by atoms with Crippen LogP contribution in [-0.2, 0) is 16.8 Å². The van der Waals surface area contributed by atoms with Gasteiger partial charge < -0.3 is 9.84 Å². The van der Waals surface area contributed by atoms with E-state index in [1.807, 2.05) is 0 Å². The van der Waals surface area contributed by atoms with Crippen molar-refractivity contribution >= 4 is 0 Å². The topological polar surface area (TPSA) is 32.7 Å². The normalized spacial score (nSPS) is 18.5. The standard InChI is InChI=1S/C26H37NO2/c1-4-22-10-12-24(13-11-22)26(28,15-14-21(2)3)25(23-8-6-5-7-9-23)20-27-16-18-29-19-17-27/h5-13,21,25,28H,4,14-20H2,1-3H3/t25-,26+/m0/s1. The first-order chi connectivity index (χ1) is 14.0. The van der Waals surface area contributed by atoms with E-state index in [0.717, 1.165) is 57.7 Å². The molecule has 2 aromatic rings. The van der Waals surface area contributed by atoms with Crippen molar-refractivity contribution in [1.82, 2.24) is 4.90 Å². The van der Waals surface area contributed by atoms with Gasteiger partial charge in [-0.05, 0) is 41.9 Å². The molecule has 1 aliphatic rings. The molecule has 0 saturated carbocycles. The number of nitrogens with zero attached hydrogens (tertiary/aromatic N) is 1. The number of morpholine rings is 1. The second kappa shape index (κ2) is 10.4. The zero-order chi connectivity index (χ0) is 20.7. The van der Waals surface area contributed by atoms with Crippen molar-refractivity contribution in [3.05, 3.63) is 71.3 Å². The predicted molar refractivity (Wildman–Crippen MR) is 120 cm³/mol. The van der Waals surface area contributed by atoms with Crippen LogP contribution < -0.4 is 0 Å². The summed E-state index contributed by atoms with van der Waals surface area (Å²) >= 11 is 0. The first-order valence-electron chi connectivity index (χ1n) is 11.2. The van der Waals surface area contributed by atoms with Gasteiger partial charge >= 0.3 is 0 Å². The fraction of sp³-hybridized carbons (Fsp3) is 0.538. The van der Waals surface area contributed by atoms with E-state index in [1.165, 1.54) is 11.1 Å². The van der Waals surface area contributed by atoms with Gasteiger partial charge in [-0.3, -0.25) is 4.90 Å². The van der Waals surface area contributed by atoms with Crippen molar-refractivity contribution in [1.29, 1.82) is 0 Å². The molecule has 0 aromatic heterocycles. The van der Waals surface area contributed by atoms with Gasteiger partial charge in [0.1, 0.15) is 0 Å². The van der Waals surface area contributed by atoms with E-state index in [0.29, 0.717) is 5.92 Å². The van der Waals surface area contributed by atoms with Crippen LogP contribution in [0, 0.1) is 5.92 Å². The van der Waals surface area contributed by atoms with Crippen molar-refractivity contribution in [2.24, 2.45) is 5.92 Å². The summed E-state index contributed by atoms with van der Waals surface area (Å²) in [6.07, 6.45) is 2.78. The van der Waals surface area contributed by atoms with E-state index in [4.69, 9.17) is 4.74 Å². The van der Waals surface area contributed by atoms with E-state index < -0.39 is 5.60 Å². The second-order valence-electron chi connectivity index (χ2n) is 8.78. The summed E-state index contributed by atoms with van der Waals surface area (Å²) in [6, 6.07) is 19.2. The van der Waals surface area contributed by atoms with Gasteiger partial charge in [-0.15, -0.1) is 0 Å². The number of aliphatic hydroxyl groups is 1. The minimum atomic E-state index is -0.893. The van der Waals surface area contributed by atoms with Gasteiger partial charge in [0, 0.05) is 25.6 Å². The van der Waals surface area contributed by atoms with Crippen molar-refractivity contribution in [3.8, 4) is 0 Å². The molecule has 0 spiro atoms. The molecule has 0 bridgehead atoms. The largest absolute Gasteiger partial charge is 0.384 e. The molecule has 1 fully saturated rings. The quantitative estimate of drug-likeness (QED) is 0.649. The van der Waals surface area contributed by atoms with Crippen molar-refractivity contribution in [3.63, 3.8) is 0 Å². The highest BCUT2D eigenvalue weighted by atomic mass is 16.5. The molecule has 29 heavy (non-hydrogen) atoms. The molecule has 0 unspecified atom stereocenters. The zero-order valence-electron chi connectivity index (χ0n) is 18.3. The van der Waals surface area contributed by atoms with Crippen LogP contribution in [0.15, 0.2) is 54.6 Å². The van der Waals surface area contributed by atoms with Gasteiger partial charge in [0.05, 0.1) is 18.8 Å². The number of rotatable bonds is 9. The average molecular weight is 396 g/mol. The maximum absolute atomic E-state index is 12.3. The average Bonchev–Trinajstić information content (AvgIpc) is 2.77. The predicted octanol–water partition coefficient (Wildman–Crippen LogP) is 4.99. The van der Waals surface area contributed by atoms with Gasteiger partial charge in [0.15, 0.2) is 0 Å². The molecule has 3 rings (SSSR count). The lowest BCUT2D eigenvalue weighted by molar-refractivity contribution is -0.0311. The third-order valence-electron chi connectivity index (χ3n) is 6.29. The Bertz CT molecular complexity index is 722. The molecule has 1 heterocycles. The third-order valence-corrected chi connectivity index (χ3v) is 6.29. The maximum Gasteiger partial charge on any atom is 0.0977 e. The molecule has 2 atom stereocenters. The minimum Gasteiger partial charge on any atom is -0.384 e. The molecule has 1 N–H and O–H groups in total. The first kappa shape index (κ1) is 22.0. The van der Waals surface area contributed by atoms with Crippen LogP contribution in [0.4, 0.5) is 0 Å². The molecule has 0 amide bonds. The fourth-order valence-electron chi connectivity index (χ4n) is 4.32. The highest BCUT2D eigenvalue weighted by Gasteiger charge is 2.40. The van der Waals surface area contributed by atoms with E-state index in [-0.39, 0.29) is 5.92 Å². The van der Waals surface area contributed by atoms with Crippen LogP contribution in [0.3, 0.4) is 0 Å². The Kier molecular flexibility index (Phi) is 7.88. The third kappa shape index (κ3) is 5.69. The summed E-state index contributed by atoms with van der Waals surface area (Å²) in [7, 11) is 0. The van der Waals surface area contributed by atoms with Crippen LogP contribution in [0.2, 0.25) is 0 Å². The summed E-state index contributed by atoms with van der Waals surface area (Å²) in [5, 5.41) is 12.3. The van der Waals surface area contributed by atoms with Crippen molar-refractivity contribution in [2.45, 2.75) is 51.6 Å². The smallest absolute Gasteiger partial charge is 0.0977 e. The molecular formula is C26H37NO2. The van der Waals surface area contributed by atoms with Crippen LogP contribution in [0.5, 0.6) is 0 Å². The van der Waals surface area contributed by atoms with Crippen LogP contribution in [-0.4, -0.2) is 42.9 Å². The highest BCUT2D eigenvalue weighted by Crippen LogP contribution is 2.42. The lowest BCUT2D eigenvalue weighted by atomic mass is 9.73. The first-order valence-corrected chi connectivity index (χ1v) is 11.2. The molecule has 158 valence electrons. The second-order valence-corrected chi connectivity index (χ2v) is 8.78. The maximum atomic E-state index is 12.3. The monoisotopic (exact) mass is 395 g/mol. The summed E-state index contributed by atoms with van der Waals surface area (Å²) in [5.74, 6) is 0.573. The van der Waals surface area contributed by atoms with Gasteiger partial charge in [0.25, 0.3) is 0 Å². The van der Waals surface area contributed by atoms with Gasteiger partial charge in [-0.2, -0.15) is 0 Å². The number of hydrogen-bond donors (Lipinski definition) is 1. The van der Waals surface area contributed by atoms with E-state index in [2.05, 4.69) is 80.3 Å². The Morgan fingerprint density at radius 3 is 2.24 bits per heavy atom. The molecule has 0 radical (unpaired) electrons. The lowest BCUT2D eigenvalue weighted by Gasteiger charge is -2.41. The summed E-state index contributed by atoms with van der Waals surface area (Å²) < 4.78 is 5.56. The Morgan fingerprint density at radius 1 is 1.00 bits per heavy atom. The lowest BCUT2D eigenvalue weighted by Crippen LogP contribution is -2.45. The van der Waals surface area contributed by atoms with Crippen LogP contribution >= 0.6 is 0 Å².